The number of carbonyl (C=O) groups excluding carboxylic acids is 1. The number of nitrogens with zero attached hydrogens (tertiary/aromatic N) is 1. The molecule has 4 nitrogen and oxygen atoms in total. The molecule has 1 aromatic rings. The van der Waals surface area contributed by atoms with Gasteiger partial charge >= 0.3 is 0 Å². The Bertz CT molecular complexity index is 451. The molecular weight excluding hydrogens is 326 g/mol. The lowest BCUT2D eigenvalue weighted by Gasteiger charge is -2.16. The average Bonchev–Trinajstić information content (AvgIpc) is 2.59. The molecule has 0 spiro atoms. The molecule has 0 aromatic carbocycles. The molecule has 0 fully saturated rings. The lowest BCUT2D eigenvalue weighted by Crippen LogP contribution is -2.22. The number of carbonyl (C=O) groups is 1. The third kappa shape index (κ3) is 4.78. The minimum Gasteiger partial charge on any atom is -0.493 e. The molecule has 6 heteroatoms. The van der Waals surface area contributed by atoms with Crippen molar-refractivity contribution in [3.8, 4) is 5.75 Å². The van der Waals surface area contributed by atoms with E-state index in [1.54, 1.807) is 11.7 Å². The molecule has 0 aliphatic carbocycles. The van der Waals surface area contributed by atoms with Gasteiger partial charge in [0, 0.05) is 27.8 Å². The molecule has 1 rings (SSSR count). The van der Waals surface area contributed by atoms with Gasteiger partial charge in [0.25, 0.3) is 0 Å². The summed E-state index contributed by atoms with van der Waals surface area (Å²) >= 11 is 3.39. The molecular formula is C13H22BrNO3Si. The first-order valence-corrected chi connectivity index (χ1v) is 10.8. The van der Waals surface area contributed by atoms with Gasteiger partial charge in [0.1, 0.15) is 12.4 Å². The van der Waals surface area contributed by atoms with Crippen LogP contribution in [0.3, 0.4) is 0 Å². The SMILES string of the molecule is COc1c(Br)cn(COCC[Si](C)(C)C)c1C(C)=O. The van der Waals surface area contributed by atoms with Crippen molar-refractivity contribution in [2.75, 3.05) is 13.7 Å². The van der Waals surface area contributed by atoms with Gasteiger partial charge in [0.2, 0.25) is 0 Å². The van der Waals surface area contributed by atoms with Crippen LogP contribution in [-0.2, 0) is 11.5 Å². The zero-order valence-corrected chi connectivity index (χ0v) is 14.8. The lowest BCUT2D eigenvalue weighted by atomic mass is 10.3. The van der Waals surface area contributed by atoms with Gasteiger partial charge in [-0.2, -0.15) is 0 Å². The van der Waals surface area contributed by atoms with Gasteiger partial charge in [0.05, 0.1) is 11.6 Å². The minimum atomic E-state index is -1.08. The van der Waals surface area contributed by atoms with Gasteiger partial charge in [-0.3, -0.25) is 4.79 Å². The van der Waals surface area contributed by atoms with Crippen LogP contribution in [0.5, 0.6) is 5.75 Å². The summed E-state index contributed by atoms with van der Waals surface area (Å²) < 4.78 is 13.5. The molecule has 0 amide bonds. The predicted molar refractivity (Wildman–Crippen MR) is 82.8 cm³/mol. The zero-order chi connectivity index (χ0) is 14.6. The van der Waals surface area contributed by atoms with E-state index in [0.717, 1.165) is 17.1 Å². The summed E-state index contributed by atoms with van der Waals surface area (Å²) in [5.74, 6) is 0.539. The van der Waals surface area contributed by atoms with E-state index in [1.165, 1.54) is 6.92 Å². The molecule has 0 radical (unpaired) electrons. The second-order valence-electron chi connectivity index (χ2n) is 5.73. The Morgan fingerprint density at radius 2 is 2.05 bits per heavy atom. The van der Waals surface area contributed by atoms with Gasteiger partial charge in [-0.15, -0.1) is 0 Å². The maximum Gasteiger partial charge on any atom is 0.180 e. The van der Waals surface area contributed by atoms with Gasteiger partial charge < -0.3 is 14.0 Å². The van der Waals surface area contributed by atoms with Crippen LogP contribution in [0, 0.1) is 0 Å². The van der Waals surface area contributed by atoms with E-state index < -0.39 is 8.07 Å². The van der Waals surface area contributed by atoms with Crippen LogP contribution < -0.4 is 4.74 Å². The number of hydrogen-bond acceptors (Lipinski definition) is 3. The number of hydrogen-bond donors (Lipinski definition) is 0. The Balaban J connectivity index is 2.71. The van der Waals surface area contributed by atoms with Crippen LogP contribution >= 0.6 is 15.9 Å². The molecule has 0 unspecified atom stereocenters. The van der Waals surface area contributed by atoms with E-state index in [0.29, 0.717) is 18.2 Å². The van der Waals surface area contributed by atoms with Crippen LogP contribution in [0.2, 0.25) is 25.7 Å². The van der Waals surface area contributed by atoms with E-state index in [9.17, 15) is 4.79 Å². The standard InChI is InChI=1S/C13H22BrNO3Si/c1-10(16)12-13(17-2)11(14)8-15(12)9-18-6-7-19(3,4)5/h8H,6-7,9H2,1-5H3. The Labute approximate surface area is 124 Å². The predicted octanol–water partition coefficient (Wildman–Crippen LogP) is 3.77. The largest absolute Gasteiger partial charge is 0.493 e. The van der Waals surface area contributed by atoms with Gasteiger partial charge in [-0.05, 0) is 22.0 Å². The molecule has 0 bridgehead atoms. The lowest BCUT2D eigenvalue weighted by molar-refractivity contribution is 0.0808. The fraction of sp³-hybridized carbons (Fsp3) is 0.615. The van der Waals surface area contributed by atoms with Crippen molar-refractivity contribution in [2.24, 2.45) is 0 Å². The van der Waals surface area contributed by atoms with Crippen LogP contribution in [0.25, 0.3) is 0 Å². The van der Waals surface area contributed by atoms with Crippen LogP contribution in [0.15, 0.2) is 10.7 Å². The molecule has 1 heterocycles. The molecule has 0 N–H and O–H groups in total. The van der Waals surface area contributed by atoms with Crippen molar-refractivity contribution in [3.05, 3.63) is 16.4 Å². The molecule has 1 aromatic heterocycles. The van der Waals surface area contributed by atoms with Crippen LogP contribution in [-0.4, -0.2) is 32.1 Å². The molecule has 0 aliphatic heterocycles. The average molecular weight is 348 g/mol. The molecule has 108 valence electrons. The number of ether oxygens (including phenoxy) is 2. The van der Waals surface area contributed by atoms with E-state index in [2.05, 4.69) is 35.6 Å². The maximum absolute atomic E-state index is 11.7. The highest BCUT2D eigenvalue weighted by Crippen LogP contribution is 2.31. The second-order valence-corrected chi connectivity index (χ2v) is 12.2. The number of methoxy groups -OCH3 is 1. The first-order valence-electron chi connectivity index (χ1n) is 6.27. The molecule has 0 saturated carbocycles. The van der Waals surface area contributed by atoms with Crippen molar-refractivity contribution < 1.29 is 14.3 Å². The third-order valence-electron chi connectivity index (χ3n) is 2.75. The second kappa shape index (κ2) is 6.72. The number of Topliss-reactive ketones (excluding diaryl/α,β-unsaturated/α-hetero) is 1. The van der Waals surface area contributed by atoms with Gasteiger partial charge in [-0.1, -0.05) is 19.6 Å². The summed E-state index contributed by atoms with van der Waals surface area (Å²) in [7, 11) is 0.480. The summed E-state index contributed by atoms with van der Waals surface area (Å²) in [4.78, 5) is 11.7. The minimum absolute atomic E-state index is 0.0312. The normalized spacial score (nSPS) is 11.7. The monoisotopic (exact) mass is 347 g/mol. The Hall–Kier alpha value is -0.593. The maximum atomic E-state index is 11.7. The summed E-state index contributed by atoms with van der Waals surface area (Å²) in [5, 5.41) is 0. The van der Waals surface area contributed by atoms with E-state index >= 15 is 0 Å². The van der Waals surface area contributed by atoms with Crippen LogP contribution in [0.4, 0.5) is 0 Å². The smallest absolute Gasteiger partial charge is 0.180 e. The molecule has 19 heavy (non-hydrogen) atoms. The Morgan fingerprint density at radius 1 is 1.42 bits per heavy atom. The summed E-state index contributed by atoms with van der Waals surface area (Å²) in [6, 6.07) is 1.11. The van der Waals surface area contributed by atoms with Crippen molar-refractivity contribution in [3.63, 3.8) is 0 Å². The molecule has 0 saturated heterocycles. The summed E-state index contributed by atoms with van der Waals surface area (Å²) in [6.45, 7) is 9.57. The molecule has 0 atom stereocenters. The quantitative estimate of drug-likeness (QED) is 0.428. The highest BCUT2D eigenvalue weighted by Gasteiger charge is 2.19. The van der Waals surface area contributed by atoms with Gasteiger partial charge in [-0.25, -0.2) is 0 Å². The Morgan fingerprint density at radius 3 is 2.53 bits per heavy atom. The van der Waals surface area contributed by atoms with E-state index in [-0.39, 0.29) is 5.78 Å². The first-order chi connectivity index (χ1) is 8.76. The highest BCUT2D eigenvalue weighted by molar-refractivity contribution is 9.10. The molecule has 0 aliphatic rings. The number of rotatable bonds is 7. The highest BCUT2D eigenvalue weighted by atomic mass is 79.9. The first kappa shape index (κ1) is 16.5. The summed E-state index contributed by atoms with van der Waals surface area (Å²) in [5.41, 5.74) is 0.544. The van der Waals surface area contributed by atoms with E-state index in [4.69, 9.17) is 9.47 Å². The number of halogens is 1. The van der Waals surface area contributed by atoms with Crippen molar-refractivity contribution in [2.45, 2.75) is 39.3 Å². The fourth-order valence-corrected chi connectivity index (χ4v) is 3.06. The number of aromatic nitrogens is 1. The summed E-state index contributed by atoms with van der Waals surface area (Å²) in [6.07, 6.45) is 1.82. The topological polar surface area (TPSA) is 40.5 Å². The van der Waals surface area contributed by atoms with Crippen LogP contribution in [0.1, 0.15) is 17.4 Å². The van der Waals surface area contributed by atoms with Gasteiger partial charge in [0.15, 0.2) is 11.5 Å². The van der Waals surface area contributed by atoms with Crippen molar-refractivity contribution >= 4 is 29.8 Å². The van der Waals surface area contributed by atoms with Crippen molar-refractivity contribution in [1.29, 1.82) is 0 Å². The number of ketones is 1. The van der Waals surface area contributed by atoms with E-state index in [1.807, 2.05) is 6.20 Å². The fourth-order valence-electron chi connectivity index (χ4n) is 1.70. The zero-order valence-electron chi connectivity index (χ0n) is 12.2. The third-order valence-corrected chi connectivity index (χ3v) is 5.02. The van der Waals surface area contributed by atoms with Crippen molar-refractivity contribution in [1.82, 2.24) is 4.57 Å². The Kier molecular flexibility index (Phi) is 5.82.